The van der Waals surface area contributed by atoms with E-state index < -0.39 is 12.0 Å². The Labute approximate surface area is 110 Å². The maximum Gasteiger partial charge on any atom is 0.303 e. The zero-order valence-corrected chi connectivity index (χ0v) is 10.7. The molecule has 19 heavy (non-hydrogen) atoms. The number of hydrogen-bond donors (Lipinski definition) is 1. The third-order valence-corrected chi connectivity index (χ3v) is 2.62. The van der Waals surface area contributed by atoms with Crippen molar-refractivity contribution < 1.29 is 19.4 Å². The zero-order chi connectivity index (χ0) is 14.3. The van der Waals surface area contributed by atoms with Crippen LogP contribution in [-0.4, -0.2) is 25.3 Å². The number of carboxylic acid groups (broad SMARTS) is 1. The fraction of sp³-hybridized carbons (Fsp3) is 0.417. The lowest BCUT2D eigenvalue weighted by atomic mass is 10.0. The summed E-state index contributed by atoms with van der Waals surface area (Å²) in [5.41, 5.74) is 9.24. The summed E-state index contributed by atoms with van der Waals surface area (Å²) >= 11 is 0. The van der Waals surface area contributed by atoms with E-state index in [1.165, 1.54) is 14.2 Å². The van der Waals surface area contributed by atoms with Crippen molar-refractivity contribution in [2.75, 3.05) is 14.2 Å². The Kier molecular flexibility index (Phi) is 5.50. The number of carbonyl (C=O) groups is 1. The maximum absolute atomic E-state index is 10.6. The molecule has 0 radical (unpaired) electrons. The average Bonchev–Trinajstić information content (AvgIpc) is 2.42. The lowest BCUT2D eigenvalue weighted by molar-refractivity contribution is -0.137. The standard InChI is InChI=1S/C12H15N3O4/c1-18-10-5-3-8(7-11(10)19-2)9(14-15-13)4-6-12(16)17/h3,5,7,9H,4,6H2,1-2H3,(H,16,17). The van der Waals surface area contributed by atoms with Crippen LogP contribution in [0.4, 0.5) is 0 Å². The molecule has 0 saturated carbocycles. The molecule has 0 aliphatic heterocycles. The monoisotopic (exact) mass is 265 g/mol. The Hall–Kier alpha value is -2.40. The summed E-state index contributed by atoms with van der Waals surface area (Å²) in [4.78, 5) is 13.3. The summed E-state index contributed by atoms with van der Waals surface area (Å²) in [6.45, 7) is 0. The normalized spacial score (nSPS) is 11.3. The van der Waals surface area contributed by atoms with E-state index in [0.717, 1.165) is 0 Å². The second kappa shape index (κ2) is 7.13. The number of azide groups is 1. The van der Waals surface area contributed by atoms with Gasteiger partial charge in [0.25, 0.3) is 0 Å². The van der Waals surface area contributed by atoms with Crippen molar-refractivity contribution in [3.8, 4) is 11.5 Å². The van der Waals surface area contributed by atoms with Crippen molar-refractivity contribution in [3.05, 3.63) is 34.2 Å². The third kappa shape index (κ3) is 4.08. The van der Waals surface area contributed by atoms with Gasteiger partial charge in [-0.3, -0.25) is 4.79 Å². The van der Waals surface area contributed by atoms with E-state index in [1.807, 2.05) is 0 Å². The van der Waals surface area contributed by atoms with Crippen LogP contribution in [-0.2, 0) is 4.79 Å². The highest BCUT2D eigenvalue weighted by Gasteiger charge is 2.14. The maximum atomic E-state index is 10.6. The smallest absolute Gasteiger partial charge is 0.303 e. The van der Waals surface area contributed by atoms with Crippen molar-refractivity contribution in [2.45, 2.75) is 18.9 Å². The molecule has 0 fully saturated rings. The van der Waals surface area contributed by atoms with Crippen LogP contribution in [0.2, 0.25) is 0 Å². The van der Waals surface area contributed by atoms with E-state index in [-0.39, 0.29) is 12.8 Å². The van der Waals surface area contributed by atoms with Crippen LogP contribution in [0.15, 0.2) is 23.3 Å². The molecule has 1 rings (SSSR count). The molecule has 0 bridgehead atoms. The van der Waals surface area contributed by atoms with Gasteiger partial charge in [0.1, 0.15) is 0 Å². The van der Waals surface area contributed by atoms with E-state index in [1.54, 1.807) is 18.2 Å². The van der Waals surface area contributed by atoms with Crippen LogP contribution in [0.25, 0.3) is 10.4 Å². The summed E-state index contributed by atoms with van der Waals surface area (Å²) in [5, 5.41) is 12.3. The number of hydrogen-bond acceptors (Lipinski definition) is 4. The Bertz CT molecular complexity index is 498. The van der Waals surface area contributed by atoms with Crippen LogP contribution in [0.1, 0.15) is 24.4 Å². The number of ether oxygens (including phenoxy) is 2. The van der Waals surface area contributed by atoms with E-state index in [2.05, 4.69) is 10.0 Å². The summed E-state index contributed by atoms with van der Waals surface area (Å²) < 4.78 is 10.3. The number of nitrogens with zero attached hydrogens (tertiary/aromatic N) is 3. The van der Waals surface area contributed by atoms with Crippen molar-refractivity contribution in [1.82, 2.24) is 0 Å². The van der Waals surface area contributed by atoms with Gasteiger partial charge in [-0.25, -0.2) is 0 Å². The SMILES string of the molecule is COc1ccc(C(CCC(=O)O)N=[N+]=[N-])cc1OC. The number of carboxylic acids is 1. The first-order valence-corrected chi connectivity index (χ1v) is 5.60. The molecule has 1 atom stereocenters. The Balaban J connectivity index is 3.01. The van der Waals surface area contributed by atoms with Gasteiger partial charge in [0.05, 0.1) is 20.3 Å². The van der Waals surface area contributed by atoms with Gasteiger partial charge in [0, 0.05) is 11.3 Å². The topological polar surface area (TPSA) is 105 Å². The highest BCUT2D eigenvalue weighted by molar-refractivity contribution is 5.66. The van der Waals surface area contributed by atoms with Crippen LogP contribution < -0.4 is 9.47 Å². The molecule has 0 aliphatic carbocycles. The fourth-order valence-corrected chi connectivity index (χ4v) is 1.67. The van der Waals surface area contributed by atoms with Gasteiger partial charge >= 0.3 is 5.97 Å². The molecule has 0 saturated heterocycles. The number of rotatable bonds is 7. The largest absolute Gasteiger partial charge is 0.493 e. The van der Waals surface area contributed by atoms with Crippen molar-refractivity contribution in [1.29, 1.82) is 0 Å². The van der Waals surface area contributed by atoms with Gasteiger partial charge in [0.15, 0.2) is 11.5 Å². The molecule has 0 amide bonds. The lowest BCUT2D eigenvalue weighted by Crippen LogP contribution is -2.01. The van der Waals surface area contributed by atoms with Gasteiger partial charge in [-0.15, -0.1) is 0 Å². The predicted molar refractivity (Wildman–Crippen MR) is 68.3 cm³/mol. The van der Waals surface area contributed by atoms with Gasteiger partial charge in [-0.05, 0) is 29.6 Å². The van der Waals surface area contributed by atoms with Gasteiger partial charge in [-0.1, -0.05) is 11.2 Å². The zero-order valence-electron chi connectivity index (χ0n) is 10.7. The first kappa shape index (κ1) is 14.7. The molecule has 7 heteroatoms. The van der Waals surface area contributed by atoms with Crippen molar-refractivity contribution >= 4 is 5.97 Å². The molecule has 1 unspecified atom stereocenters. The quantitative estimate of drug-likeness (QED) is 0.464. The number of benzene rings is 1. The van der Waals surface area contributed by atoms with Crippen LogP contribution in [0.3, 0.4) is 0 Å². The summed E-state index contributed by atoms with van der Waals surface area (Å²) in [6, 6.07) is 4.55. The summed E-state index contributed by atoms with van der Waals surface area (Å²) in [5.74, 6) is 0.135. The van der Waals surface area contributed by atoms with E-state index in [9.17, 15) is 4.79 Å². The van der Waals surface area contributed by atoms with E-state index in [0.29, 0.717) is 17.1 Å². The minimum Gasteiger partial charge on any atom is -0.493 e. The van der Waals surface area contributed by atoms with Gasteiger partial charge in [0.2, 0.25) is 0 Å². The number of methoxy groups -OCH3 is 2. The predicted octanol–water partition coefficient (Wildman–Crippen LogP) is 2.92. The van der Waals surface area contributed by atoms with Gasteiger partial charge < -0.3 is 14.6 Å². The van der Waals surface area contributed by atoms with Crippen molar-refractivity contribution in [3.63, 3.8) is 0 Å². The Morgan fingerprint density at radius 1 is 1.42 bits per heavy atom. The third-order valence-electron chi connectivity index (χ3n) is 2.62. The van der Waals surface area contributed by atoms with Crippen LogP contribution >= 0.6 is 0 Å². The second-order valence-electron chi connectivity index (χ2n) is 3.77. The highest BCUT2D eigenvalue weighted by atomic mass is 16.5. The number of aliphatic carboxylic acids is 1. The van der Waals surface area contributed by atoms with Crippen LogP contribution in [0, 0.1) is 0 Å². The molecule has 7 nitrogen and oxygen atoms in total. The second-order valence-corrected chi connectivity index (χ2v) is 3.77. The first-order valence-electron chi connectivity index (χ1n) is 5.60. The molecule has 0 aromatic heterocycles. The molecule has 0 aliphatic rings. The van der Waals surface area contributed by atoms with Gasteiger partial charge in [-0.2, -0.15) is 0 Å². The van der Waals surface area contributed by atoms with Crippen LogP contribution in [0.5, 0.6) is 11.5 Å². The molecule has 0 spiro atoms. The molecule has 0 heterocycles. The molecular weight excluding hydrogens is 250 g/mol. The fourth-order valence-electron chi connectivity index (χ4n) is 1.67. The highest BCUT2D eigenvalue weighted by Crippen LogP contribution is 2.32. The summed E-state index contributed by atoms with van der Waals surface area (Å²) in [7, 11) is 3.02. The Morgan fingerprint density at radius 3 is 2.63 bits per heavy atom. The lowest BCUT2D eigenvalue weighted by Gasteiger charge is -2.13. The minimum absolute atomic E-state index is 0.0714. The first-order chi connectivity index (χ1) is 9.12. The van der Waals surface area contributed by atoms with Crippen molar-refractivity contribution in [2.24, 2.45) is 5.11 Å². The molecule has 102 valence electrons. The van der Waals surface area contributed by atoms with E-state index >= 15 is 0 Å². The molecule has 1 aromatic carbocycles. The molecular formula is C12H15N3O4. The molecule has 1 aromatic rings. The summed E-state index contributed by atoms with van der Waals surface area (Å²) in [6.07, 6.45) is 0.160. The average molecular weight is 265 g/mol. The molecule has 1 N–H and O–H groups in total. The Morgan fingerprint density at radius 2 is 2.11 bits per heavy atom. The van der Waals surface area contributed by atoms with E-state index in [4.69, 9.17) is 20.1 Å². The minimum atomic E-state index is -0.932.